The fourth-order valence-corrected chi connectivity index (χ4v) is 2.57. The Morgan fingerprint density at radius 1 is 1.13 bits per heavy atom. The number of para-hydroxylation sites is 1. The molecule has 0 fully saturated rings. The minimum Gasteiger partial charge on any atom is -0.496 e. The first-order chi connectivity index (χ1) is 11.1. The Bertz CT molecular complexity index is 863. The maximum absolute atomic E-state index is 11.2. The molecule has 3 aromatic rings. The van der Waals surface area contributed by atoms with E-state index >= 15 is 0 Å². The standard InChI is InChI=1S/C18H16O5/c1-11-16-14(8-5-9-15(16)23-17(11)18(19)20)22-10-12-6-3-4-7-13(12)21-2/h3-9H,10H2,1-2H3,(H,19,20). The van der Waals surface area contributed by atoms with Gasteiger partial charge in [-0.15, -0.1) is 0 Å². The molecule has 0 bridgehead atoms. The Balaban J connectivity index is 1.96. The Morgan fingerprint density at radius 2 is 1.87 bits per heavy atom. The van der Waals surface area contributed by atoms with Gasteiger partial charge >= 0.3 is 5.97 Å². The zero-order chi connectivity index (χ0) is 16.4. The van der Waals surface area contributed by atoms with Crippen LogP contribution in [0.5, 0.6) is 11.5 Å². The van der Waals surface area contributed by atoms with Crippen molar-refractivity contribution < 1.29 is 23.8 Å². The number of aromatic carboxylic acids is 1. The lowest BCUT2D eigenvalue weighted by Crippen LogP contribution is -1.99. The van der Waals surface area contributed by atoms with Crippen LogP contribution in [-0.4, -0.2) is 18.2 Å². The maximum Gasteiger partial charge on any atom is 0.372 e. The van der Waals surface area contributed by atoms with E-state index in [0.29, 0.717) is 28.9 Å². The van der Waals surface area contributed by atoms with Crippen LogP contribution >= 0.6 is 0 Å². The monoisotopic (exact) mass is 312 g/mol. The highest BCUT2D eigenvalue weighted by atomic mass is 16.5. The minimum absolute atomic E-state index is 0.0617. The summed E-state index contributed by atoms with van der Waals surface area (Å²) >= 11 is 0. The fourth-order valence-electron chi connectivity index (χ4n) is 2.57. The van der Waals surface area contributed by atoms with Crippen LogP contribution < -0.4 is 9.47 Å². The van der Waals surface area contributed by atoms with Gasteiger partial charge in [0.2, 0.25) is 5.76 Å². The lowest BCUT2D eigenvalue weighted by Gasteiger charge is -2.11. The second-order valence-corrected chi connectivity index (χ2v) is 5.09. The molecule has 2 aromatic carbocycles. The van der Waals surface area contributed by atoms with E-state index in [-0.39, 0.29) is 5.76 Å². The van der Waals surface area contributed by atoms with E-state index < -0.39 is 5.97 Å². The predicted octanol–water partition coefficient (Wildman–Crippen LogP) is 4.03. The van der Waals surface area contributed by atoms with Crippen molar-refractivity contribution in [2.24, 2.45) is 0 Å². The molecule has 5 nitrogen and oxygen atoms in total. The molecular formula is C18H16O5. The molecule has 1 heterocycles. The minimum atomic E-state index is -1.09. The third-order valence-electron chi connectivity index (χ3n) is 3.69. The second-order valence-electron chi connectivity index (χ2n) is 5.09. The van der Waals surface area contributed by atoms with Crippen molar-refractivity contribution in [3.63, 3.8) is 0 Å². The summed E-state index contributed by atoms with van der Waals surface area (Å²) in [5.74, 6) is 0.180. The van der Waals surface area contributed by atoms with Crippen molar-refractivity contribution in [2.45, 2.75) is 13.5 Å². The first-order valence-electron chi connectivity index (χ1n) is 7.12. The number of ether oxygens (including phenoxy) is 2. The first-order valence-corrected chi connectivity index (χ1v) is 7.12. The highest BCUT2D eigenvalue weighted by Gasteiger charge is 2.19. The molecular weight excluding hydrogens is 296 g/mol. The van der Waals surface area contributed by atoms with E-state index in [1.807, 2.05) is 24.3 Å². The van der Waals surface area contributed by atoms with E-state index in [1.54, 1.807) is 32.2 Å². The predicted molar refractivity (Wildman–Crippen MR) is 85.2 cm³/mol. The van der Waals surface area contributed by atoms with E-state index in [9.17, 15) is 9.90 Å². The van der Waals surface area contributed by atoms with E-state index in [0.717, 1.165) is 11.3 Å². The van der Waals surface area contributed by atoms with Crippen molar-refractivity contribution >= 4 is 16.9 Å². The number of rotatable bonds is 5. The molecule has 0 atom stereocenters. The number of hydrogen-bond donors (Lipinski definition) is 1. The largest absolute Gasteiger partial charge is 0.496 e. The van der Waals surface area contributed by atoms with Crippen molar-refractivity contribution in [3.05, 3.63) is 59.4 Å². The van der Waals surface area contributed by atoms with Gasteiger partial charge in [0.25, 0.3) is 0 Å². The van der Waals surface area contributed by atoms with Gasteiger partial charge in [0, 0.05) is 11.1 Å². The van der Waals surface area contributed by atoms with Gasteiger partial charge in [0.05, 0.1) is 12.5 Å². The molecule has 0 radical (unpaired) electrons. The van der Waals surface area contributed by atoms with Crippen LogP contribution in [0.3, 0.4) is 0 Å². The van der Waals surface area contributed by atoms with Crippen molar-refractivity contribution in [1.82, 2.24) is 0 Å². The zero-order valence-corrected chi connectivity index (χ0v) is 12.8. The lowest BCUT2D eigenvalue weighted by molar-refractivity contribution is 0.0664. The molecule has 0 amide bonds. The van der Waals surface area contributed by atoms with Gasteiger partial charge in [0.15, 0.2) is 0 Å². The third-order valence-corrected chi connectivity index (χ3v) is 3.69. The average molecular weight is 312 g/mol. The first kappa shape index (κ1) is 15.0. The highest BCUT2D eigenvalue weighted by Crippen LogP contribution is 2.34. The number of carbonyl (C=O) groups is 1. The van der Waals surface area contributed by atoms with E-state index in [1.165, 1.54) is 0 Å². The molecule has 0 saturated carbocycles. The quantitative estimate of drug-likeness (QED) is 0.770. The smallest absolute Gasteiger partial charge is 0.372 e. The molecule has 0 saturated heterocycles. The Morgan fingerprint density at radius 3 is 2.61 bits per heavy atom. The zero-order valence-electron chi connectivity index (χ0n) is 12.8. The summed E-state index contributed by atoms with van der Waals surface area (Å²) in [6.07, 6.45) is 0. The van der Waals surface area contributed by atoms with Crippen LogP contribution in [0.2, 0.25) is 0 Å². The van der Waals surface area contributed by atoms with E-state index in [4.69, 9.17) is 13.9 Å². The molecule has 118 valence electrons. The molecule has 0 aliphatic carbocycles. The van der Waals surface area contributed by atoms with Crippen molar-refractivity contribution in [1.29, 1.82) is 0 Å². The molecule has 0 aliphatic rings. The number of fused-ring (bicyclic) bond motifs is 1. The summed E-state index contributed by atoms with van der Waals surface area (Å²) < 4.78 is 16.6. The van der Waals surface area contributed by atoms with Crippen molar-refractivity contribution in [3.8, 4) is 11.5 Å². The summed E-state index contributed by atoms with van der Waals surface area (Å²) in [4.78, 5) is 11.2. The van der Waals surface area contributed by atoms with Gasteiger partial charge in [0.1, 0.15) is 23.7 Å². The third kappa shape index (κ3) is 2.73. The molecule has 5 heteroatoms. The number of carboxylic acids is 1. The summed E-state index contributed by atoms with van der Waals surface area (Å²) in [6, 6.07) is 12.9. The van der Waals surface area contributed by atoms with Crippen LogP contribution in [0.25, 0.3) is 11.0 Å². The topological polar surface area (TPSA) is 68.9 Å². The Hall–Kier alpha value is -2.95. The highest BCUT2D eigenvalue weighted by molar-refractivity contribution is 5.97. The number of benzene rings is 2. The van der Waals surface area contributed by atoms with Crippen LogP contribution in [0.1, 0.15) is 21.7 Å². The molecule has 3 rings (SSSR count). The normalized spacial score (nSPS) is 10.7. The van der Waals surface area contributed by atoms with Gasteiger partial charge < -0.3 is 19.0 Å². The molecule has 1 aromatic heterocycles. The summed E-state index contributed by atoms with van der Waals surface area (Å²) in [5.41, 5.74) is 1.96. The van der Waals surface area contributed by atoms with Crippen LogP contribution in [-0.2, 0) is 6.61 Å². The van der Waals surface area contributed by atoms with Gasteiger partial charge in [-0.2, -0.15) is 0 Å². The van der Waals surface area contributed by atoms with Crippen LogP contribution in [0.4, 0.5) is 0 Å². The van der Waals surface area contributed by atoms with Gasteiger partial charge in [-0.25, -0.2) is 4.79 Å². The SMILES string of the molecule is COc1ccccc1COc1cccc2oc(C(=O)O)c(C)c12. The molecule has 23 heavy (non-hydrogen) atoms. The Kier molecular flexibility index (Phi) is 3.93. The van der Waals surface area contributed by atoms with Gasteiger partial charge in [-0.05, 0) is 25.1 Å². The molecule has 0 unspecified atom stereocenters. The molecule has 1 N–H and O–H groups in total. The summed E-state index contributed by atoms with van der Waals surface area (Å²) in [7, 11) is 1.61. The number of methoxy groups -OCH3 is 1. The second kappa shape index (κ2) is 6.04. The number of furan rings is 1. The number of hydrogen-bond acceptors (Lipinski definition) is 4. The van der Waals surface area contributed by atoms with Crippen LogP contribution in [0, 0.1) is 6.92 Å². The Labute approximate surface area is 133 Å². The maximum atomic E-state index is 11.2. The number of carboxylic acid groups (broad SMARTS) is 1. The fraction of sp³-hybridized carbons (Fsp3) is 0.167. The lowest BCUT2D eigenvalue weighted by atomic mass is 10.1. The average Bonchev–Trinajstić information content (AvgIpc) is 2.91. The van der Waals surface area contributed by atoms with Gasteiger partial charge in [-0.3, -0.25) is 0 Å². The summed E-state index contributed by atoms with van der Waals surface area (Å²) in [6.45, 7) is 2.03. The van der Waals surface area contributed by atoms with E-state index in [2.05, 4.69) is 0 Å². The van der Waals surface area contributed by atoms with Crippen LogP contribution in [0.15, 0.2) is 46.9 Å². The van der Waals surface area contributed by atoms with Crippen molar-refractivity contribution in [2.75, 3.05) is 7.11 Å². The summed E-state index contributed by atoms with van der Waals surface area (Å²) in [5, 5.41) is 9.86. The number of aryl methyl sites for hydroxylation is 1. The molecule has 0 spiro atoms. The molecule has 0 aliphatic heterocycles. The van der Waals surface area contributed by atoms with Gasteiger partial charge in [-0.1, -0.05) is 24.3 Å².